The number of carbonyl (C=O) groups is 1. The third-order valence-corrected chi connectivity index (χ3v) is 4.23. The summed E-state index contributed by atoms with van der Waals surface area (Å²) in [7, 11) is 0. The topological polar surface area (TPSA) is 38.3 Å². The highest BCUT2D eigenvalue weighted by Crippen LogP contribution is 2.25. The summed E-state index contributed by atoms with van der Waals surface area (Å²) in [5.74, 6) is 1.57. The van der Waals surface area contributed by atoms with Crippen molar-refractivity contribution in [1.29, 1.82) is 0 Å². The maximum atomic E-state index is 11.9. The van der Waals surface area contributed by atoms with Gasteiger partial charge in [-0.2, -0.15) is 11.8 Å². The van der Waals surface area contributed by atoms with E-state index in [9.17, 15) is 4.79 Å². The van der Waals surface area contributed by atoms with Crippen LogP contribution in [-0.4, -0.2) is 29.6 Å². The largest absolute Gasteiger partial charge is 0.492 e. The molecule has 0 unspecified atom stereocenters. The smallest absolute Gasteiger partial charge is 0.265 e. The van der Waals surface area contributed by atoms with E-state index in [1.165, 1.54) is 11.3 Å². The molecule has 0 bridgehead atoms. The lowest BCUT2D eigenvalue weighted by Crippen LogP contribution is -2.26. The molecule has 0 saturated heterocycles. The molecule has 0 fully saturated rings. The predicted octanol–water partition coefficient (Wildman–Crippen LogP) is 3.41. The highest BCUT2D eigenvalue weighted by Gasteiger charge is 2.14. The Bertz CT molecular complexity index is 383. The normalized spacial score (nSPS) is 11.3. The van der Waals surface area contributed by atoms with Gasteiger partial charge >= 0.3 is 0 Å². The SMILES string of the molecule is CCOc1ccsc1C(=O)NCCSC(C)(C)C. The first-order valence-electron chi connectivity index (χ1n) is 6.06. The number of amides is 1. The minimum absolute atomic E-state index is 0.0389. The van der Waals surface area contributed by atoms with Crippen molar-refractivity contribution in [3.63, 3.8) is 0 Å². The number of nitrogens with one attached hydrogen (secondary N) is 1. The predicted molar refractivity (Wildman–Crippen MR) is 80.0 cm³/mol. The van der Waals surface area contributed by atoms with Gasteiger partial charge in [0.1, 0.15) is 10.6 Å². The standard InChI is InChI=1S/C13H21NO2S2/c1-5-16-10-6-8-17-11(10)12(15)14-7-9-18-13(2,3)4/h6,8H,5,7,9H2,1-4H3,(H,14,15). The Balaban J connectivity index is 2.38. The molecule has 102 valence electrons. The summed E-state index contributed by atoms with van der Waals surface area (Å²) in [5.41, 5.74) is 0. The van der Waals surface area contributed by atoms with Crippen LogP contribution in [0.15, 0.2) is 11.4 Å². The number of thioether (sulfide) groups is 1. The van der Waals surface area contributed by atoms with E-state index in [-0.39, 0.29) is 10.7 Å². The number of hydrogen-bond acceptors (Lipinski definition) is 4. The van der Waals surface area contributed by atoms with Gasteiger partial charge in [0.15, 0.2) is 0 Å². The molecule has 1 aromatic heterocycles. The van der Waals surface area contributed by atoms with Gasteiger partial charge in [-0.3, -0.25) is 4.79 Å². The van der Waals surface area contributed by atoms with Crippen LogP contribution in [0.1, 0.15) is 37.4 Å². The third kappa shape index (κ3) is 5.31. The monoisotopic (exact) mass is 287 g/mol. The second-order valence-corrected chi connectivity index (χ2v) is 7.60. The Labute approximate surface area is 117 Å². The average Bonchev–Trinajstić information content (AvgIpc) is 2.71. The fourth-order valence-electron chi connectivity index (χ4n) is 1.33. The minimum atomic E-state index is -0.0389. The quantitative estimate of drug-likeness (QED) is 0.815. The summed E-state index contributed by atoms with van der Waals surface area (Å²) in [6, 6.07) is 1.84. The highest BCUT2D eigenvalue weighted by atomic mass is 32.2. The average molecular weight is 287 g/mol. The van der Waals surface area contributed by atoms with Gasteiger partial charge in [-0.15, -0.1) is 11.3 Å². The molecule has 5 heteroatoms. The van der Waals surface area contributed by atoms with Crippen LogP contribution in [0.3, 0.4) is 0 Å². The van der Waals surface area contributed by atoms with Crippen LogP contribution in [0.5, 0.6) is 5.75 Å². The van der Waals surface area contributed by atoms with E-state index in [1.807, 2.05) is 30.1 Å². The number of hydrogen-bond donors (Lipinski definition) is 1. The van der Waals surface area contributed by atoms with Crippen molar-refractivity contribution < 1.29 is 9.53 Å². The van der Waals surface area contributed by atoms with Crippen molar-refractivity contribution in [2.24, 2.45) is 0 Å². The van der Waals surface area contributed by atoms with Gasteiger partial charge in [0.25, 0.3) is 5.91 Å². The summed E-state index contributed by atoms with van der Waals surface area (Å²) in [6.07, 6.45) is 0. The molecule has 0 aromatic carbocycles. The van der Waals surface area contributed by atoms with Crippen LogP contribution in [-0.2, 0) is 0 Å². The molecule has 0 spiro atoms. The Morgan fingerprint density at radius 3 is 2.83 bits per heavy atom. The number of carbonyl (C=O) groups excluding carboxylic acids is 1. The molecular formula is C13H21NO2S2. The zero-order valence-corrected chi connectivity index (χ0v) is 13.0. The lowest BCUT2D eigenvalue weighted by atomic mass is 10.3. The van der Waals surface area contributed by atoms with E-state index in [0.29, 0.717) is 23.8 Å². The summed E-state index contributed by atoms with van der Waals surface area (Å²) < 4.78 is 5.64. The van der Waals surface area contributed by atoms with E-state index in [1.54, 1.807) is 0 Å². The molecule has 1 heterocycles. The zero-order chi connectivity index (χ0) is 13.6. The molecule has 3 nitrogen and oxygen atoms in total. The first kappa shape index (κ1) is 15.4. The van der Waals surface area contributed by atoms with Crippen LogP contribution in [0.2, 0.25) is 0 Å². The van der Waals surface area contributed by atoms with E-state index in [4.69, 9.17) is 4.74 Å². The van der Waals surface area contributed by atoms with Crippen LogP contribution < -0.4 is 10.1 Å². The lowest BCUT2D eigenvalue weighted by molar-refractivity contribution is 0.0957. The first-order valence-corrected chi connectivity index (χ1v) is 7.93. The maximum absolute atomic E-state index is 11.9. The molecule has 1 aromatic rings. The summed E-state index contributed by atoms with van der Waals surface area (Å²) in [4.78, 5) is 12.6. The van der Waals surface area contributed by atoms with Crippen LogP contribution in [0, 0.1) is 0 Å². The van der Waals surface area contributed by atoms with Crippen molar-refractivity contribution in [3.8, 4) is 5.75 Å². The summed E-state index contributed by atoms with van der Waals surface area (Å²) >= 11 is 3.26. The Hall–Kier alpha value is -0.680. The second kappa shape index (κ2) is 7.04. The lowest BCUT2D eigenvalue weighted by Gasteiger charge is -2.17. The van der Waals surface area contributed by atoms with Crippen LogP contribution in [0.4, 0.5) is 0 Å². The van der Waals surface area contributed by atoms with Crippen molar-refractivity contribution in [2.75, 3.05) is 18.9 Å². The molecule has 0 saturated carbocycles. The summed E-state index contributed by atoms with van der Waals surface area (Å²) in [6.45, 7) is 9.70. The van der Waals surface area contributed by atoms with E-state index < -0.39 is 0 Å². The number of rotatable bonds is 6. The van der Waals surface area contributed by atoms with Crippen molar-refractivity contribution >= 4 is 29.0 Å². The van der Waals surface area contributed by atoms with Crippen molar-refractivity contribution in [1.82, 2.24) is 5.32 Å². The van der Waals surface area contributed by atoms with E-state index in [0.717, 1.165) is 5.75 Å². The second-order valence-electron chi connectivity index (χ2n) is 4.76. The van der Waals surface area contributed by atoms with Crippen LogP contribution >= 0.6 is 23.1 Å². The molecule has 0 aliphatic carbocycles. The number of thiophene rings is 1. The van der Waals surface area contributed by atoms with E-state index in [2.05, 4.69) is 26.1 Å². The van der Waals surface area contributed by atoms with Crippen molar-refractivity contribution in [3.05, 3.63) is 16.3 Å². The summed E-state index contributed by atoms with van der Waals surface area (Å²) in [5, 5.41) is 4.81. The first-order chi connectivity index (χ1) is 8.44. The van der Waals surface area contributed by atoms with Gasteiger partial charge in [0, 0.05) is 17.0 Å². The van der Waals surface area contributed by atoms with Gasteiger partial charge in [0.05, 0.1) is 6.61 Å². The molecule has 1 N–H and O–H groups in total. The molecule has 1 rings (SSSR count). The zero-order valence-electron chi connectivity index (χ0n) is 11.4. The molecule has 1 amide bonds. The molecule has 0 atom stereocenters. The Morgan fingerprint density at radius 2 is 2.22 bits per heavy atom. The molecule has 0 radical (unpaired) electrons. The highest BCUT2D eigenvalue weighted by molar-refractivity contribution is 8.00. The maximum Gasteiger partial charge on any atom is 0.265 e. The fourth-order valence-corrected chi connectivity index (χ4v) is 2.90. The van der Waals surface area contributed by atoms with E-state index >= 15 is 0 Å². The van der Waals surface area contributed by atoms with Gasteiger partial charge in [0.2, 0.25) is 0 Å². The molecule has 0 aliphatic rings. The molecule has 0 aliphatic heterocycles. The van der Waals surface area contributed by atoms with Gasteiger partial charge in [-0.1, -0.05) is 20.8 Å². The van der Waals surface area contributed by atoms with Gasteiger partial charge < -0.3 is 10.1 Å². The Kier molecular flexibility index (Phi) is 6.02. The van der Waals surface area contributed by atoms with Crippen LogP contribution in [0.25, 0.3) is 0 Å². The third-order valence-electron chi connectivity index (χ3n) is 2.06. The van der Waals surface area contributed by atoms with Gasteiger partial charge in [-0.05, 0) is 18.4 Å². The number of ether oxygens (including phenoxy) is 1. The van der Waals surface area contributed by atoms with Gasteiger partial charge in [-0.25, -0.2) is 0 Å². The fraction of sp³-hybridized carbons (Fsp3) is 0.615. The minimum Gasteiger partial charge on any atom is -0.492 e. The molecular weight excluding hydrogens is 266 g/mol. The van der Waals surface area contributed by atoms with Crippen molar-refractivity contribution in [2.45, 2.75) is 32.4 Å². The molecule has 18 heavy (non-hydrogen) atoms. The Morgan fingerprint density at radius 1 is 1.50 bits per heavy atom.